The van der Waals surface area contributed by atoms with Gasteiger partial charge in [0.15, 0.2) is 5.60 Å². The van der Waals surface area contributed by atoms with Crippen LogP contribution in [0, 0.1) is 6.92 Å². The number of ether oxygens (including phenoxy) is 1. The van der Waals surface area contributed by atoms with E-state index >= 15 is 0 Å². The van der Waals surface area contributed by atoms with Crippen LogP contribution in [-0.2, 0) is 5.60 Å². The molecule has 2 atom stereocenters. The third-order valence-electron chi connectivity index (χ3n) is 5.62. The number of rotatable bonds is 2. The lowest BCUT2D eigenvalue weighted by Crippen LogP contribution is -2.46. The van der Waals surface area contributed by atoms with Gasteiger partial charge in [-0.1, -0.05) is 84.9 Å². The van der Waals surface area contributed by atoms with Crippen LogP contribution in [0.3, 0.4) is 0 Å². The van der Waals surface area contributed by atoms with E-state index in [0.29, 0.717) is 5.92 Å². The number of para-hydroxylation sites is 1. The maximum Gasteiger partial charge on any atom is 0.163 e. The van der Waals surface area contributed by atoms with Gasteiger partial charge in [-0.25, -0.2) is 0 Å². The summed E-state index contributed by atoms with van der Waals surface area (Å²) in [6, 6.07) is 27.8. The maximum absolute atomic E-state index is 6.73. The predicted molar refractivity (Wildman–Crippen MR) is 102 cm³/mol. The van der Waals surface area contributed by atoms with Crippen LogP contribution in [0.25, 0.3) is 6.08 Å². The minimum atomic E-state index is -0.342. The summed E-state index contributed by atoms with van der Waals surface area (Å²) >= 11 is 0. The zero-order valence-corrected chi connectivity index (χ0v) is 14.3. The van der Waals surface area contributed by atoms with Gasteiger partial charge >= 0.3 is 0 Å². The minimum absolute atomic E-state index is 0.342. The minimum Gasteiger partial charge on any atom is -0.477 e. The van der Waals surface area contributed by atoms with Gasteiger partial charge in [0, 0.05) is 17.0 Å². The molecule has 0 radical (unpaired) electrons. The molecule has 1 fully saturated rings. The number of fused-ring (bicyclic) bond motifs is 3. The van der Waals surface area contributed by atoms with E-state index in [1.165, 1.54) is 27.8 Å². The third-order valence-corrected chi connectivity index (χ3v) is 5.62. The Hall–Kier alpha value is -2.80. The molecule has 1 aliphatic heterocycles. The molecule has 1 heteroatoms. The van der Waals surface area contributed by atoms with Crippen molar-refractivity contribution in [2.24, 2.45) is 0 Å². The van der Waals surface area contributed by atoms with Crippen molar-refractivity contribution in [1.29, 1.82) is 0 Å². The third kappa shape index (κ3) is 2.02. The maximum atomic E-state index is 6.73. The Balaban J connectivity index is 1.68. The predicted octanol–water partition coefficient (Wildman–Crippen LogP) is 5.85. The smallest absolute Gasteiger partial charge is 0.163 e. The molecule has 0 N–H and O–H groups in total. The Morgan fingerprint density at radius 1 is 0.880 bits per heavy atom. The van der Waals surface area contributed by atoms with Crippen LogP contribution in [0.4, 0.5) is 0 Å². The first-order valence-electron chi connectivity index (χ1n) is 8.89. The highest BCUT2D eigenvalue weighted by molar-refractivity contribution is 5.67. The van der Waals surface area contributed by atoms with Gasteiger partial charge in [-0.15, -0.1) is 0 Å². The molecular weight excluding hydrogens is 304 g/mol. The lowest BCUT2D eigenvalue weighted by atomic mass is 9.60. The van der Waals surface area contributed by atoms with E-state index in [1.54, 1.807) is 0 Å². The van der Waals surface area contributed by atoms with Gasteiger partial charge in [-0.3, -0.25) is 0 Å². The zero-order valence-electron chi connectivity index (χ0n) is 14.3. The number of hydrogen-bond donors (Lipinski definition) is 0. The van der Waals surface area contributed by atoms with Crippen LogP contribution in [0.1, 0.15) is 34.6 Å². The van der Waals surface area contributed by atoms with Crippen molar-refractivity contribution in [3.63, 3.8) is 0 Å². The summed E-state index contributed by atoms with van der Waals surface area (Å²) in [6.07, 6.45) is 3.37. The van der Waals surface area contributed by atoms with E-state index in [1.807, 2.05) is 0 Å². The molecule has 0 amide bonds. The van der Waals surface area contributed by atoms with Crippen molar-refractivity contribution in [2.45, 2.75) is 24.9 Å². The standard InChI is InChI=1S/C24H20O/c1-17-9-8-14-21-22-16-20(15-18-10-4-2-5-11-18)24(22,25-23(17)21)19-12-6-3-7-13-19/h2-15,22H,16H2,1H3/b20-15+/t22-,24-/m1/s1. The topological polar surface area (TPSA) is 9.23 Å². The fraction of sp³-hybridized carbons (Fsp3) is 0.167. The number of hydrogen-bond acceptors (Lipinski definition) is 1. The Morgan fingerprint density at radius 3 is 2.36 bits per heavy atom. The van der Waals surface area contributed by atoms with Gasteiger partial charge in [-0.2, -0.15) is 0 Å². The molecule has 1 saturated carbocycles. The van der Waals surface area contributed by atoms with E-state index in [9.17, 15) is 0 Å². The van der Waals surface area contributed by atoms with Crippen molar-refractivity contribution in [3.05, 3.63) is 107 Å². The summed E-state index contributed by atoms with van der Waals surface area (Å²) in [5.41, 5.74) is 6.10. The monoisotopic (exact) mass is 324 g/mol. The molecule has 0 saturated heterocycles. The van der Waals surface area contributed by atoms with Crippen molar-refractivity contribution in [3.8, 4) is 5.75 Å². The SMILES string of the molecule is Cc1cccc2c1O[C@]1(c3ccccc3)/C(=C/c3ccccc3)C[C@H]21. The fourth-order valence-corrected chi connectivity index (χ4v) is 4.37. The van der Waals surface area contributed by atoms with E-state index in [4.69, 9.17) is 4.74 Å². The van der Waals surface area contributed by atoms with Gasteiger partial charge < -0.3 is 4.74 Å². The first kappa shape index (κ1) is 14.5. The number of aryl methyl sites for hydroxylation is 1. The first-order chi connectivity index (χ1) is 12.3. The lowest BCUT2D eigenvalue weighted by molar-refractivity contribution is 0.0574. The Bertz CT molecular complexity index is 956. The van der Waals surface area contributed by atoms with E-state index in [2.05, 4.69) is 91.9 Å². The second-order valence-corrected chi connectivity index (χ2v) is 7.03. The van der Waals surface area contributed by atoms with Crippen molar-refractivity contribution in [2.75, 3.05) is 0 Å². The highest BCUT2D eigenvalue weighted by atomic mass is 16.5. The highest BCUT2D eigenvalue weighted by Crippen LogP contribution is 2.65. The molecule has 0 aromatic heterocycles. The molecular formula is C24H20O. The van der Waals surface area contributed by atoms with Crippen LogP contribution >= 0.6 is 0 Å². The molecule has 0 bridgehead atoms. The van der Waals surface area contributed by atoms with Gasteiger partial charge in [0.2, 0.25) is 0 Å². The summed E-state index contributed by atoms with van der Waals surface area (Å²) in [5, 5.41) is 0. The molecule has 5 rings (SSSR count). The molecule has 0 spiro atoms. The van der Waals surface area contributed by atoms with Crippen LogP contribution in [0.15, 0.2) is 84.4 Å². The van der Waals surface area contributed by atoms with Crippen LogP contribution < -0.4 is 4.74 Å². The van der Waals surface area contributed by atoms with Crippen LogP contribution in [-0.4, -0.2) is 0 Å². The molecule has 3 aromatic carbocycles. The molecule has 1 nitrogen and oxygen atoms in total. The Labute approximate surface area is 148 Å². The second kappa shape index (κ2) is 5.35. The molecule has 1 heterocycles. The summed E-state index contributed by atoms with van der Waals surface area (Å²) in [4.78, 5) is 0. The molecule has 122 valence electrons. The second-order valence-electron chi connectivity index (χ2n) is 7.03. The quantitative estimate of drug-likeness (QED) is 0.574. The van der Waals surface area contributed by atoms with Gasteiger partial charge in [0.05, 0.1) is 0 Å². The lowest BCUT2D eigenvalue weighted by Gasteiger charge is -2.47. The van der Waals surface area contributed by atoms with Gasteiger partial charge in [-0.05, 0) is 30.0 Å². The molecule has 25 heavy (non-hydrogen) atoms. The summed E-state index contributed by atoms with van der Waals surface area (Å²) < 4.78 is 6.73. The van der Waals surface area contributed by atoms with Crippen molar-refractivity contribution < 1.29 is 4.74 Å². The molecule has 3 aromatic rings. The van der Waals surface area contributed by atoms with Crippen LogP contribution in [0.2, 0.25) is 0 Å². The molecule has 1 aliphatic carbocycles. The summed E-state index contributed by atoms with van der Waals surface area (Å²) in [5.74, 6) is 1.48. The van der Waals surface area contributed by atoms with Crippen molar-refractivity contribution >= 4 is 6.08 Å². The fourth-order valence-electron chi connectivity index (χ4n) is 4.37. The normalized spacial score (nSPS) is 25.0. The number of benzene rings is 3. The Kier molecular flexibility index (Phi) is 3.11. The molecule has 2 aliphatic rings. The van der Waals surface area contributed by atoms with E-state index in [0.717, 1.165) is 12.2 Å². The average molecular weight is 324 g/mol. The van der Waals surface area contributed by atoms with Gasteiger partial charge in [0.25, 0.3) is 0 Å². The first-order valence-corrected chi connectivity index (χ1v) is 8.89. The summed E-state index contributed by atoms with van der Waals surface area (Å²) in [6.45, 7) is 2.14. The molecule has 0 unspecified atom stereocenters. The zero-order chi connectivity index (χ0) is 16.9. The van der Waals surface area contributed by atoms with Crippen molar-refractivity contribution in [1.82, 2.24) is 0 Å². The van der Waals surface area contributed by atoms with Crippen LogP contribution in [0.5, 0.6) is 5.75 Å². The van der Waals surface area contributed by atoms with E-state index < -0.39 is 0 Å². The largest absolute Gasteiger partial charge is 0.477 e. The van der Waals surface area contributed by atoms with Gasteiger partial charge in [0.1, 0.15) is 5.75 Å². The van der Waals surface area contributed by atoms with E-state index in [-0.39, 0.29) is 5.60 Å². The highest BCUT2D eigenvalue weighted by Gasteiger charge is 2.60. The summed E-state index contributed by atoms with van der Waals surface area (Å²) in [7, 11) is 0. The average Bonchev–Trinajstić information content (AvgIpc) is 2.92. The Morgan fingerprint density at radius 2 is 1.60 bits per heavy atom.